The maximum atomic E-state index is 10.3. The molecule has 2 rings (SSSR count). The molecule has 2 aromatic heterocycles. The van der Waals surface area contributed by atoms with Gasteiger partial charge in [0.15, 0.2) is 0 Å². The Labute approximate surface area is 41.6 Å². The molecule has 0 unspecified atom stereocenters. The van der Waals surface area contributed by atoms with Crippen LogP contribution in [0.4, 0.5) is 0 Å². The molecule has 2 aromatic rings. The number of nitrogens with zero attached hydrogens (tertiary/aromatic N) is 2. The van der Waals surface area contributed by atoms with Gasteiger partial charge in [-0.2, -0.15) is 5.21 Å². The van der Waals surface area contributed by atoms with Crippen LogP contribution in [0.1, 0.15) is 0 Å². The Bertz CT molecular complexity index is 350. The first kappa shape index (κ1) is 3.53. The van der Waals surface area contributed by atoms with E-state index < -0.39 is 11.4 Å². The summed E-state index contributed by atoms with van der Waals surface area (Å²) in [5.74, 6) is 0. The van der Waals surface area contributed by atoms with E-state index in [1.165, 1.54) is 0 Å². The van der Waals surface area contributed by atoms with Crippen LogP contribution in [0.15, 0.2) is 9.59 Å². The van der Waals surface area contributed by atoms with Gasteiger partial charge in [0.25, 0.3) is 0 Å². The van der Waals surface area contributed by atoms with E-state index in [1.807, 2.05) is 4.98 Å². The number of hydrogen-bond donors (Lipinski definition) is 2. The van der Waals surface area contributed by atoms with Gasteiger partial charge < -0.3 is 0 Å². The number of nitrogens with one attached hydrogen (secondary N) is 2. The Morgan fingerprint density at radius 2 is 1.62 bits per heavy atom. The monoisotopic (exact) mass is 114 g/mol. The van der Waals surface area contributed by atoms with Crippen LogP contribution in [0.5, 0.6) is 0 Å². The predicted octanol–water partition coefficient (Wildman–Crippen LogP) is -2.15. The summed E-state index contributed by atoms with van der Waals surface area (Å²) in [5, 5.41) is 2.37. The normalized spacial score (nSPS) is 11.5. The SMILES string of the molecule is O=c1[nH]c(=O)n2[nH]n12. The maximum Gasteiger partial charge on any atom is 0.367 e. The Kier molecular flexibility index (Phi) is 0.320. The third kappa shape index (κ3) is 0.208. The highest BCUT2D eigenvalue weighted by Gasteiger charge is 2.06. The smallest absolute Gasteiger partial charge is 0.253 e. The summed E-state index contributed by atoms with van der Waals surface area (Å²) in [6.45, 7) is 0. The molecule has 0 saturated heterocycles. The van der Waals surface area contributed by atoms with Crippen LogP contribution in [0.25, 0.3) is 0 Å². The van der Waals surface area contributed by atoms with Gasteiger partial charge in [0, 0.05) is 0 Å². The summed E-state index contributed by atoms with van der Waals surface area (Å²) in [6, 6.07) is 0. The summed E-state index contributed by atoms with van der Waals surface area (Å²) >= 11 is 0. The van der Waals surface area contributed by atoms with E-state index in [0.29, 0.717) is 0 Å². The van der Waals surface area contributed by atoms with Gasteiger partial charge in [-0.1, -0.05) is 9.26 Å². The summed E-state index contributed by atoms with van der Waals surface area (Å²) in [6.07, 6.45) is 0. The van der Waals surface area contributed by atoms with E-state index in [4.69, 9.17) is 0 Å². The molecule has 0 amide bonds. The lowest BCUT2D eigenvalue weighted by atomic mass is 11.2. The predicted molar refractivity (Wildman–Crippen MR) is 23.3 cm³/mol. The lowest BCUT2D eigenvalue weighted by Crippen LogP contribution is -2.13. The third-order valence-electron chi connectivity index (χ3n) is 0.949. The summed E-state index contributed by atoms with van der Waals surface area (Å²) in [4.78, 5) is 22.7. The molecule has 0 spiro atoms. The van der Waals surface area contributed by atoms with Crippen molar-refractivity contribution in [1.29, 1.82) is 0 Å². The summed E-state index contributed by atoms with van der Waals surface area (Å²) in [5.41, 5.74) is -0.843. The summed E-state index contributed by atoms with van der Waals surface area (Å²) in [7, 11) is 0. The van der Waals surface area contributed by atoms with Crippen molar-refractivity contribution in [2.45, 2.75) is 0 Å². The van der Waals surface area contributed by atoms with E-state index in [1.54, 1.807) is 0 Å². The maximum absolute atomic E-state index is 10.3. The van der Waals surface area contributed by atoms with Gasteiger partial charge in [0.05, 0.1) is 0 Å². The van der Waals surface area contributed by atoms with Crippen molar-refractivity contribution in [3.05, 3.63) is 21.0 Å². The second-order valence-electron chi connectivity index (χ2n) is 1.46. The number of rotatable bonds is 0. The molecular weight excluding hydrogens is 112 g/mol. The van der Waals surface area contributed by atoms with Crippen molar-refractivity contribution in [3.63, 3.8) is 0 Å². The fraction of sp³-hybridized carbons (Fsp3) is 0. The minimum Gasteiger partial charge on any atom is -0.253 e. The zero-order chi connectivity index (χ0) is 5.72. The van der Waals surface area contributed by atoms with Gasteiger partial charge >= 0.3 is 11.4 Å². The van der Waals surface area contributed by atoms with Crippen LogP contribution in [0.2, 0.25) is 0 Å². The Morgan fingerprint density at radius 3 is 1.75 bits per heavy atom. The fourth-order valence-electron chi connectivity index (χ4n) is 0.540. The van der Waals surface area contributed by atoms with Crippen molar-refractivity contribution in [3.8, 4) is 0 Å². The first-order chi connectivity index (χ1) is 3.79. The van der Waals surface area contributed by atoms with Gasteiger partial charge in [-0.25, -0.2) is 9.59 Å². The highest BCUT2D eigenvalue weighted by Crippen LogP contribution is 1.64. The molecule has 0 fully saturated rings. The highest BCUT2D eigenvalue weighted by molar-refractivity contribution is 4.64. The lowest BCUT2D eigenvalue weighted by Gasteiger charge is -1.55. The van der Waals surface area contributed by atoms with Gasteiger partial charge in [0.2, 0.25) is 0 Å². The quantitative estimate of drug-likeness (QED) is 0.410. The molecule has 0 aromatic carbocycles. The Balaban J connectivity index is 3.29. The van der Waals surface area contributed by atoms with Gasteiger partial charge in [0.1, 0.15) is 0 Å². The van der Waals surface area contributed by atoms with Crippen molar-refractivity contribution in [2.24, 2.45) is 0 Å². The molecule has 2 heterocycles. The Morgan fingerprint density at radius 1 is 1.12 bits per heavy atom. The van der Waals surface area contributed by atoms with E-state index in [9.17, 15) is 9.59 Å². The number of H-pyrrole nitrogens is 2. The van der Waals surface area contributed by atoms with E-state index in [2.05, 4.69) is 5.21 Å². The average molecular weight is 114 g/mol. The second-order valence-corrected chi connectivity index (χ2v) is 1.46. The number of aromatic nitrogens is 4. The number of hydrogen-bond acceptors (Lipinski definition) is 2. The Hall–Kier alpha value is -1.46. The zero-order valence-electron chi connectivity index (χ0n) is 3.71. The van der Waals surface area contributed by atoms with E-state index in [0.717, 1.165) is 9.26 Å². The topological polar surface area (TPSA) is 74.5 Å². The summed E-state index contributed by atoms with van der Waals surface area (Å²) < 4.78 is 2.14. The molecule has 0 aliphatic heterocycles. The van der Waals surface area contributed by atoms with Crippen LogP contribution >= 0.6 is 0 Å². The molecular formula is C2H2N4O2. The molecule has 8 heavy (non-hydrogen) atoms. The van der Waals surface area contributed by atoms with Crippen LogP contribution in [-0.4, -0.2) is 19.5 Å². The standard InChI is InChI=1S/C2H2N4O2/c7-1-3-2(8)6-4-5(1)6/h4H,(H,3,7,8). The van der Waals surface area contributed by atoms with Crippen LogP contribution in [-0.2, 0) is 0 Å². The molecule has 0 atom stereocenters. The largest absolute Gasteiger partial charge is 0.367 e. The first-order valence-corrected chi connectivity index (χ1v) is 2.00. The van der Waals surface area contributed by atoms with Crippen LogP contribution in [0.3, 0.4) is 0 Å². The molecule has 0 saturated carbocycles. The number of aromatic amines is 2. The number of fused-ring (bicyclic) bond motifs is 1. The third-order valence-corrected chi connectivity index (χ3v) is 0.949. The van der Waals surface area contributed by atoms with Crippen LogP contribution < -0.4 is 11.4 Å². The molecule has 0 aliphatic carbocycles. The minimum absolute atomic E-state index is 0.421. The van der Waals surface area contributed by atoms with Gasteiger partial charge in [-0.15, -0.1) is 0 Å². The lowest BCUT2D eigenvalue weighted by molar-refractivity contribution is 1.02. The van der Waals surface area contributed by atoms with Gasteiger partial charge in [-0.3, -0.25) is 4.98 Å². The molecule has 0 bridgehead atoms. The fourth-order valence-corrected chi connectivity index (χ4v) is 0.540. The van der Waals surface area contributed by atoms with Gasteiger partial charge in [-0.05, 0) is 0 Å². The molecule has 6 heteroatoms. The molecule has 42 valence electrons. The molecule has 0 aliphatic rings. The molecule has 0 radical (unpaired) electrons. The van der Waals surface area contributed by atoms with Crippen molar-refractivity contribution >= 4 is 0 Å². The second kappa shape index (κ2) is 0.726. The van der Waals surface area contributed by atoms with Crippen molar-refractivity contribution in [2.75, 3.05) is 0 Å². The average Bonchev–Trinajstić information content (AvgIpc) is 2.35. The molecule has 2 N–H and O–H groups in total. The van der Waals surface area contributed by atoms with E-state index in [-0.39, 0.29) is 0 Å². The zero-order valence-corrected chi connectivity index (χ0v) is 3.71. The first-order valence-electron chi connectivity index (χ1n) is 2.00. The van der Waals surface area contributed by atoms with Crippen molar-refractivity contribution < 1.29 is 0 Å². The van der Waals surface area contributed by atoms with Crippen LogP contribution in [0, 0.1) is 0 Å². The van der Waals surface area contributed by atoms with Crippen molar-refractivity contribution in [1.82, 2.24) is 19.5 Å². The highest BCUT2D eigenvalue weighted by atomic mass is 16.2. The molecule has 6 nitrogen and oxygen atoms in total. The minimum atomic E-state index is -0.421. The van der Waals surface area contributed by atoms with E-state index >= 15 is 0 Å².